The number of carbonyl (C=O) groups is 1. The molecule has 122 valence electrons. The van der Waals surface area contributed by atoms with Gasteiger partial charge < -0.3 is 14.9 Å². The van der Waals surface area contributed by atoms with E-state index in [0.29, 0.717) is 17.6 Å². The van der Waals surface area contributed by atoms with Crippen molar-refractivity contribution in [2.24, 2.45) is 5.92 Å². The molecule has 0 bridgehead atoms. The van der Waals surface area contributed by atoms with Crippen molar-refractivity contribution in [1.29, 1.82) is 0 Å². The molecule has 1 aliphatic heterocycles. The van der Waals surface area contributed by atoms with E-state index in [4.69, 9.17) is 9.63 Å². The van der Waals surface area contributed by atoms with Gasteiger partial charge in [-0.2, -0.15) is 4.98 Å². The van der Waals surface area contributed by atoms with Crippen LogP contribution in [0.2, 0.25) is 0 Å². The predicted molar refractivity (Wildman–Crippen MR) is 85.3 cm³/mol. The molecule has 1 atom stereocenters. The summed E-state index contributed by atoms with van der Waals surface area (Å²) in [7, 11) is 0. The molecule has 2 heterocycles. The summed E-state index contributed by atoms with van der Waals surface area (Å²) < 4.78 is 5.51. The molecule has 1 aromatic carbocycles. The van der Waals surface area contributed by atoms with E-state index in [9.17, 15) is 4.79 Å². The predicted octanol–water partition coefficient (Wildman–Crippen LogP) is 2.93. The highest BCUT2D eigenvalue weighted by Gasteiger charge is 2.28. The highest BCUT2D eigenvalue weighted by atomic mass is 16.5. The van der Waals surface area contributed by atoms with Crippen LogP contribution in [0.3, 0.4) is 0 Å². The highest BCUT2D eigenvalue weighted by molar-refractivity contribution is 5.88. The molecule has 6 nitrogen and oxygen atoms in total. The van der Waals surface area contributed by atoms with Gasteiger partial charge in [0.15, 0.2) is 0 Å². The van der Waals surface area contributed by atoms with Crippen molar-refractivity contribution in [1.82, 2.24) is 15.5 Å². The van der Waals surface area contributed by atoms with Gasteiger partial charge in [0.05, 0.1) is 5.56 Å². The molecule has 2 aromatic rings. The molecule has 6 heteroatoms. The summed E-state index contributed by atoms with van der Waals surface area (Å²) >= 11 is 0. The second kappa shape index (κ2) is 6.91. The molecule has 0 radical (unpaired) electrons. The molecule has 2 N–H and O–H groups in total. The Morgan fingerprint density at radius 1 is 1.35 bits per heavy atom. The van der Waals surface area contributed by atoms with E-state index in [1.165, 1.54) is 0 Å². The van der Waals surface area contributed by atoms with Crippen LogP contribution >= 0.6 is 0 Å². The first-order valence-electron chi connectivity index (χ1n) is 8.07. The molecule has 1 aromatic heterocycles. The van der Waals surface area contributed by atoms with Crippen LogP contribution in [0.1, 0.15) is 48.4 Å². The van der Waals surface area contributed by atoms with Crippen LogP contribution in [0.15, 0.2) is 28.8 Å². The van der Waals surface area contributed by atoms with Crippen LogP contribution in [0.4, 0.5) is 0 Å². The van der Waals surface area contributed by atoms with Gasteiger partial charge in [-0.1, -0.05) is 24.2 Å². The van der Waals surface area contributed by atoms with E-state index in [0.717, 1.165) is 37.9 Å². The number of nitrogens with one attached hydrogen (secondary N) is 1. The van der Waals surface area contributed by atoms with Crippen molar-refractivity contribution >= 4 is 5.97 Å². The van der Waals surface area contributed by atoms with Crippen LogP contribution in [0, 0.1) is 5.92 Å². The average Bonchev–Trinajstić information content (AvgIpc) is 3.06. The Balaban J connectivity index is 1.79. The van der Waals surface area contributed by atoms with E-state index in [1.54, 1.807) is 24.3 Å². The number of hydrogen-bond acceptors (Lipinski definition) is 5. The Morgan fingerprint density at radius 2 is 2.04 bits per heavy atom. The molecule has 1 saturated heterocycles. The summed E-state index contributed by atoms with van der Waals surface area (Å²) in [5.74, 6) is 1.13. The Labute approximate surface area is 134 Å². The molecule has 1 aliphatic rings. The third-order valence-corrected chi connectivity index (χ3v) is 4.54. The van der Waals surface area contributed by atoms with Crippen molar-refractivity contribution in [3.63, 3.8) is 0 Å². The molecule has 0 amide bonds. The second-order valence-electron chi connectivity index (χ2n) is 5.94. The van der Waals surface area contributed by atoms with Crippen molar-refractivity contribution in [3.05, 3.63) is 35.7 Å². The lowest BCUT2D eigenvalue weighted by Gasteiger charge is -2.27. The number of aromatic carboxylic acids is 1. The molecule has 1 fully saturated rings. The summed E-state index contributed by atoms with van der Waals surface area (Å²) in [6, 6.07) is 6.53. The Hall–Kier alpha value is -2.21. The van der Waals surface area contributed by atoms with Crippen LogP contribution < -0.4 is 5.32 Å². The number of nitrogens with zero attached hydrogens (tertiary/aromatic N) is 2. The number of benzene rings is 1. The summed E-state index contributed by atoms with van der Waals surface area (Å²) in [5.41, 5.74) is 1.02. The van der Waals surface area contributed by atoms with Crippen molar-refractivity contribution in [2.45, 2.75) is 32.1 Å². The van der Waals surface area contributed by atoms with Gasteiger partial charge in [0.25, 0.3) is 0 Å². The number of carboxylic acids is 1. The molecule has 3 rings (SSSR count). The molecule has 23 heavy (non-hydrogen) atoms. The summed E-state index contributed by atoms with van der Waals surface area (Å²) in [6.07, 6.45) is 3.23. The lowest BCUT2D eigenvalue weighted by molar-refractivity contribution is 0.0697. The fourth-order valence-electron chi connectivity index (χ4n) is 3.22. The Kier molecular flexibility index (Phi) is 4.71. The molecule has 0 aliphatic carbocycles. The minimum atomic E-state index is -0.942. The number of rotatable bonds is 5. The van der Waals surface area contributed by atoms with E-state index in [2.05, 4.69) is 22.4 Å². The van der Waals surface area contributed by atoms with Crippen LogP contribution in [0.25, 0.3) is 11.4 Å². The fraction of sp³-hybridized carbons (Fsp3) is 0.471. The average molecular weight is 315 g/mol. The van der Waals surface area contributed by atoms with Crippen LogP contribution in [-0.4, -0.2) is 34.3 Å². The van der Waals surface area contributed by atoms with Gasteiger partial charge in [0.2, 0.25) is 11.7 Å². The lowest BCUT2D eigenvalue weighted by atomic mass is 9.83. The first-order valence-corrected chi connectivity index (χ1v) is 8.07. The van der Waals surface area contributed by atoms with Gasteiger partial charge in [-0.3, -0.25) is 0 Å². The maximum absolute atomic E-state index is 10.9. The van der Waals surface area contributed by atoms with Crippen LogP contribution in [-0.2, 0) is 0 Å². The summed E-state index contributed by atoms with van der Waals surface area (Å²) in [5, 5.41) is 16.4. The Bertz CT molecular complexity index is 660. The standard InChI is InChI=1S/C17H21N3O3/c1-2-14(11-7-9-18-10-8-11)16-19-15(20-23-16)12-3-5-13(6-4-12)17(21)22/h3-6,11,14,18H,2,7-10H2,1H3,(H,21,22). The highest BCUT2D eigenvalue weighted by Crippen LogP contribution is 2.33. The van der Waals surface area contributed by atoms with Crippen LogP contribution in [0.5, 0.6) is 0 Å². The zero-order chi connectivity index (χ0) is 16.2. The first-order chi connectivity index (χ1) is 11.2. The lowest BCUT2D eigenvalue weighted by Crippen LogP contribution is -2.30. The van der Waals surface area contributed by atoms with Gasteiger partial charge in [-0.15, -0.1) is 0 Å². The third kappa shape index (κ3) is 3.42. The SMILES string of the molecule is CCC(c1nc(-c2ccc(C(=O)O)cc2)no1)C1CCNCC1. The number of hydrogen-bond donors (Lipinski definition) is 2. The maximum Gasteiger partial charge on any atom is 0.335 e. The van der Waals surface area contributed by atoms with Gasteiger partial charge in [0, 0.05) is 11.5 Å². The van der Waals surface area contributed by atoms with E-state index in [-0.39, 0.29) is 11.5 Å². The monoisotopic (exact) mass is 315 g/mol. The number of carboxylic acid groups (broad SMARTS) is 1. The number of aromatic nitrogens is 2. The van der Waals surface area contributed by atoms with E-state index < -0.39 is 5.97 Å². The largest absolute Gasteiger partial charge is 0.478 e. The zero-order valence-corrected chi connectivity index (χ0v) is 13.2. The molecule has 0 spiro atoms. The molecule has 0 saturated carbocycles. The Morgan fingerprint density at radius 3 is 2.65 bits per heavy atom. The quantitative estimate of drug-likeness (QED) is 0.882. The normalized spacial score (nSPS) is 17.1. The third-order valence-electron chi connectivity index (χ3n) is 4.54. The van der Waals surface area contributed by atoms with E-state index in [1.807, 2.05) is 0 Å². The van der Waals surface area contributed by atoms with Crippen molar-refractivity contribution in [2.75, 3.05) is 13.1 Å². The summed E-state index contributed by atoms with van der Waals surface area (Å²) in [4.78, 5) is 15.5. The zero-order valence-electron chi connectivity index (χ0n) is 13.2. The smallest absolute Gasteiger partial charge is 0.335 e. The van der Waals surface area contributed by atoms with Crippen molar-refractivity contribution in [3.8, 4) is 11.4 Å². The minimum Gasteiger partial charge on any atom is -0.478 e. The number of piperidine rings is 1. The molecule has 1 unspecified atom stereocenters. The van der Waals surface area contributed by atoms with Gasteiger partial charge in [-0.05, 0) is 50.4 Å². The molecular weight excluding hydrogens is 294 g/mol. The topological polar surface area (TPSA) is 88.2 Å². The summed E-state index contributed by atoms with van der Waals surface area (Å²) in [6.45, 7) is 4.23. The maximum atomic E-state index is 10.9. The first kappa shape index (κ1) is 15.7. The fourth-order valence-corrected chi connectivity index (χ4v) is 3.22. The van der Waals surface area contributed by atoms with Crippen molar-refractivity contribution < 1.29 is 14.4 Å². The van der Waals surface area contributed by atoms with Gasteiger partial charge in [-0.25, -0.2) is 4.79 Å². The second-order valence-corrected chi connectivity index (χ2v) is 5.94. The van der Waals surface area contributed by atoms with Gasteiger partial charge in [0.1, 0.15) is 0 Å². The van der Waals surface area contributed by atoms with Gasteiger partial charge >= 0.3 is 5.97 Å². The van der Waals surface area contributed by atoms with E-state index >= 15 is 0 Å². The molecular formula is C17H21N3O3. The minimum absolute atomic E-state index is 0.249.